The normalized spacial score (nSPS) is 18.1. The van der Waals surface area contributed by atoms with Gasteiger partial charge in [-0.15, -0.1) is 0 Å². The smallest absolute Gasteiger partial charge is 0.328 e. The number of carboxylic acids is 2. The average Bonchev–Trinajstić information content (AvgIpc) is 3.47. The molecule has 1 saturated heterocycles. The molecule has 2 unspecified atom stereocenters. The van der Waals surface area contributed by atoms with Crippen molar-refractivity contribution in [3.8, 4) is 17.0 Å². The molecule has 1 fully saturated rings. The Morgan fingerprint density at radius 3 is 2.46 bits per heavy atom. The fraction of sp³-hybridized carbons (Fsp3) is 0.346. The van der Waals surface area contributed by atoms with E-state index in [4.69, 9.17) is 14.7 Å². The minimum Gasteiger partial charge on any atom is -0.507 e. The molecule has 0 spiro atoms. The number of rotatable bonds is 5. The fourth-order valence-electron chi connectivity index (χ4n) is 4.92. The number of aromatic hydroxyl groups is 1. The summed E-state index contributed by atoms with van der Waals surface area (Å²) in [7, 11) is 0. The number of aromatic nitrogens is 1. The lowest BCUT2D eigenvalue weighted by Crippen LogP contribution is -2.43. The molecule has 0 radical (unpaired) electrons. The molecule has 0 aliphatic carbocycles. The van der Waals surface area contributed by atoms with Gasteiger partial charge in [-0.3, -0.25) is 4.90 Å². The van der Waals surface area contributed by atoms with Crippen LogP contribution in [-0.2, 0) is 16.1 Å². The van der Waals surface area contributed by atoms with Crippen LogP contribution in [0.4, 0.5) is 4.39 Å². The van der Waals surface area contributed by atoms with E-state index in [2.05, 4.69) is 22.3 Å². The van der Waals surface area contributed by atoms with Crippen LogP contribution in [0.25, 0.3) is 22.2 Å². The van der Waals surface area contributed by atoms with Crippen LogP contribution in [0.2, 0.25) is 0 Å². The van der Waals surface area contributed by atoms with Crippen molar-refractivity contribution in [2.24, 2.45) is 0 Å². The second kappa shape index (κ2) is 12.0. The zero-order valence-electron chi connectivity index (χ0n) is 20.3. The minimum atomic E-state index is -1.26. The van der Waals surface area contributed by atoms with E-state index in [0.717, 1.165) is 18.7 Å². The lowest BCUT2D eigenvalue weighted by Gasteiger charge is -2.36. The van der Waals surface area contributed by atoms with E-state index in [9.17, 15) is 19.1 Å². The topological polar surface area (TPSA) is 168 Å². The third kappa shape index (κ3) is 6.13. The highest BCUT2D eigenvalue weighted by Gasteiger charge is 2.34. The van der Waals surface area contributed by atoms with Gasteiger partial charge in [-0.2, -0.15) is 0 Å². The molecule has 3 aromatic rings. The summed E-state index contributed by atoms with van der Waals surface area (Å²) in [5, 5.41) is 34.8. The molecule has 1 aromatic heterocycles. The van der Waals surface area contributed by atoms with Crippen LogP contribution in [0.5, 0.6) is 5.75 Å². The second-order valence-electron chi connectivity index (χ2n) is 8.90. The predicted molar refractivity (Wildman–Crippen MR) is 134 cm³/mol. The van der Waals surface area contributed by atoms with E-state index < -0.39 is 11.9 Å². The molecular formula is C26H30FN3O7. The number of piperidine rings is 1. The molecule has 6 N–H and O–H groups in total. The Bertz CT molecular complexity index is 1280. The molecule has 0 amide bonds. The summed E-state index contributed by atoms with van der Waals surface area (Å²) >= 11 is 0. The maximum Gasteiger partial charge on any atom is 0.328 e. The number of halogens is 1. The number of nitrogens with zero attached hydrogens (tertiary/aromatic N) is 2. The SMILES string of the molecule is CC(C1NCc2c1ccc(O)c2-c1noc2cc(F)ccc12)N1CCCCC1.O.O=C(O)C=CC(=O)O. The standard InChI is InChI=1S/C22H24FN3O2.C4H4O4.H2O/c1-13(26-9-3-2-4-10-26)21-15-7-8-18(27)20(17(15)12-24-21)22-16-6-5-14(23)11-19(16)28-25-22;5-3(6)1-2-4(7)8;/h5-8,11,13,21,24,27H,2-4,9-10,12H2,1H3;1-2H,(H,5,6)(H,7,8);1H2. The number of carboxylic acid groups (broad SMARTS) is 2. The number of hydrogen-bond acceptors (Lipinski definition) is 7. The molecule has 3 heterocycles. The summed E-state index contributed by atoms with van der Waals surface area (Å²) in [6, 6.07) is 8.72. The monoisotopic (exact) mass is 515 g/mol. The molecule has 2 aliphatic heterocycles. The van der Waals surface area contributed by atoms with Gasteiger partial charge in [0.25, 0.3) is 0 Å². The van der Waals surface area contributed by atoms with Gasteiger partial charge in [0.2, 0.25) is 0 Å². The molecular weight excluding hydrogens is 485 g/mol. The van der Waals surface area contributed by atoms with Crippen molar-refractivity contribution in [2.75, 3.05) is 13.1 Å². The molecule has 0 bridgehead atoms. The van der Waals surface area contributed by atoms with Gasteiger partial charge < -0.3 is 30.6 Å². The van der Waals surface area contributed by atoms with Crippen LogP contribution in [0.15, 0.2) is 47.0 Å². The first-order valence-electron chi connectivity index (χ1n) is 11.8. The molecule has 2 aromatic carbocycles. The Hall–Kier alpha value is -3.80. The zero-order valence-corrected chi connectivity index (χ0v) is 20.3. The molecule has 5 rings (SSSR count). The first kappa shape index (κ1) is 27.8. The Morgan fingerprint density at radius 1 is 1.14 bits per heavy atom. The van der Waals surface area contributed by atoms with E-state index >= 15 is 0 Å². The van der Waals surface area contributed by atoms with Crippen LogP contribution < -0.4 is 5.32 Å². The van der Waals surface area contributed by atoms with Crippen LogP contribution in [-0.4, -0.2) is 61.9 Å². The van der Waals surface area contributed by atoms with Gasteiger partial charge in [-0.1, -0.05) is 17.6 Å². The van der Waals surface area contributed by atoms with Gasteiger partial charge in [0, 0.05) is 36.8 Å². The Labute approximate surface area is 212 Å². The lowest BCUT2D eigenvalue weighted by molar-refractivity contribution is -0.134. The summed E-state index contributed by atoms with van der Waals surface area (Å²) in [6.45, 7) is 5.22. The van der Waals surface area contributed by atoms with Gasteiger partial charge >= 0.3 is 11.9 Å². The molecule has 198 valence electrons. The van der Waals surface area contributed by atoms with E-state index in [1.165, 1.54) is 37.0 Å². The Balaban J connectivity index is 0.000000370. The summed E-state index contributed by atoms with van der Waals surface area (Å²) in [5.74, 6) is -2.71. The predicted octanol–water partition coefficient (Wildman–Crippen LogP) is 3.25. The number of phenols is 1. The molecule has 2 aliphatic rings. The third-order valence-corrected chi connectivity index (χ3v) is 6.65. The van der Waals surface area contributed by atoms with Crippen LogP contribution in [0.1, 0.15) is 43.4 Å². The number of fused-ring (bicyclic) bond motifs is 2. The van der Waals surface area contributed by atoms with Gasteiger partial charge in [0.05, 0.1) is 10.9 Å². The van der Waals surface area contributed by atoms with Crippen molar-refractivity contribution in [1.82, 2.24) is 15.4 Å². The first-order chi connectivity index (χ1) is 17.3. The highest BCUT2D eigenvalue weighted by atomic mass is 19.1. The second-order valence-corrected chi connectivity index (χ2v) is 8.90. The Kier molecular flexibility index (Phi) is 8.98. The average molecular weight is 516 g/mol. The third-order valence-electron chi connectivity index (χ3n) is 6.65. The van der Waals surface area contributed by atoms with Gasteiger partial charge in [0.15, 0.2) is 5.58 Å². The lowest BCUT2D eigenvalue weighted by atomic mass is 9.92. The number of aliphatic carboxylic acids is 2. The molecule has 0 saturated carbocycles. The number of nitrogens with one attached hydrogen (secondary N) is 1. The van der Waals surface area contributed by atoms with Crippen LogP contribution in [0, 0.1) is 5.82 Å². The summed E-state index contributed by atoms with van der Waals surface area (Å²) in [6.07, 6.45) is 4.94. The number of benzene rings is 2. The quantitative estimate of drug-likeness (QED) is 0.373. The van der Waals surface area contributed by atoms with E-state index in [1.807, 2.05) is 6.07 Å². The van der Waals surface area contributed by atoms with Crippen LogP contribution >= 0.6 is 0 Å². The van der Waals surface area contributed by atoms with Crippen molar-refractivity contribution in [3.63, 3.8) is 0 Å². The highest BCUT2D eigenvalue weighted by Crippen LogP contribution is 2.43. The summed E-state index contributed by atoms with van der Waals surface area (Å²) in [4.78, 5) is 21.7. The van der Waals surface area contributed by atoms with E-state index in [-0.39, 0.29) is 23.1 Å². The van der Waals surface area contributed by atoms with E-state index in [0.29, 0.717) is 47.0 Å². The van der Waals surface area contributed by atoms with Crippen LogP contribution in [0.3, 0.4) is 0 Å². The van der Waals surface area contributed by atoms with Crippen molar-refractivity contribution in [3.05, 3.63) is 59.4 Å². The number of carbonyl (C=O) groups is 2. The van der Waals surface area contributed by atoms with Crippen molar-refractivity contribution in [1.29, 1.82) is 0 Å². The van der Waals surface area contributed by atoms with Gasteiger partial charge in [0.1, 0.15) is 17.3 Å². The fourth-order valence-corrected chi connectivity index (χ4v) is 4.92. The Morgan fingerprint density at radius 2 is 1.81 bits per heavy atom. The first-order valence-corrected chi connectivity index (χ1v) is 11.8. The molecule has 10 nitrogen and oxygen atoms in total. The number of hydrogen-bond donors (Lipinski definition) is 4. The molecule has 37 heavy (non-hydrogen) atoms. The summed E-state index contributed by atoms with van der Waals surface area (Å²) < 4.78 is 18.9. The van der Waals surface area contributed by atoms with Crippen molar-refractivity contribution >= 4 is 22.9 Å². The minimum absolute atomic E-state index is 0. The summed E-state index contributed by atoms with van der Waals surface area (Å²) in [5.41, 5.74) is 3.88. The maximum absolute atomic E-state index is 13.5. The van der Waals surface area contributed by atoms with Gasteiger partial charge in [-0.05, 0) is 62.2 Å². The molecule has 2 atom stereocenters. The van der Waals surface area contributed by atoms with E-state index in [1.54, 1.807) is 12.1 Å². The maximum atomic E-state index is 13.5. The molecule has 11 heteroatoms. The number of likely N-dealkylation sites (tertiary alicyclic amines) is 1. The van der Waals surface area contributed by atoms with Gasteiger partial charge in [-0.25, -0.2) is 14.0 Å². The van der Waals surface area contributed by atoms with Crippen molar-refractivity contribution < 1.29 is 39.3 Å². The largest absolute Gasteiger partial charge is 0.507 e. The van der Waals surface area contributed by atoms with Crippen molar-refractivity contribution in [2.45, 2.75) is 44.8 Å². The highest BCUT2D eigenvalue weighted by molar-refractivity contribution is 5.94. The number of phenolic OH excluding ortho intramolecular Hbond substituents is 1. The zero-order chi connectivity index (χ0) is 25.8.